The topological polar surface area (TPSA) is 88.2 Å². The fourth-order valence-corrected chi connectivity index (χ4v) is 1.04. The van der Waals surface area contributed by atoms with Gasteiger partial charge >= 0.3 is 5.97 Å². The molecule has 0 bridgehead atoms. The molecule has 0 aliphatic carbocycles. The zero-order chi connectivity index (χ0) is 13.1. The van der Waals surface area contributed by atoms with E-state index in [2.05, 4.69) is 5.32 Å². The third-order valence-electron chi connectivity index (χ3n) is 2.51. The van der Waals surface area contributed by atoms with Crippen LogP contribution >= 0.6 is 0 Å². The summed E-state index contributed by atoms with van der Waals surface area (Å²) in [6.45, 7) is 3.47. The van der Waals surface area contributed by atoms with Gasteiger partial charge in [-0.05, 0) is 45.2 Å². The lowest BCUT2D eigenvalue weighted by Gasteiger charge is -2.21. The molecule has 0 aliphatic rings. The molecular formula is C12H17N3O2. The molecule has 0 aromatic heterocycles. The number of rotatable bonds is 4. The van der Waals surface area contributed by atoms with E-state index in [1.54, 1.807) is 45.2 Å². The molecule has 4 N–H and O–H groups in total. The van der Waals surface area contributed by atoms with Crippen LogP contribution in [0, 0.1) is 5.41 Å². The summed E-state index contributed by atoms with van der Waals surface area (Å²) in [7, 11) is 1.69. The second-order valence-corrected chi connectivity index (χ2v) is 4.20. The van der Waals surface area contributed by atoms with Crippen molar-refractivity contribution in [1.82, 2.24) is 5.32 Å². The third kappa shape index (κ3) is 3.29. The van der Waals surface area contributed by atoms with Crippen LogP contribution in [0.2, 0.25) is 0 Å². The Morgan fingerprint density at radius 2 is 1.88 bits per heavy atom. The highest BCUT2D eigenvalue weighted by molar-refractivity contribution is 5.95. The highest BCUT2D eigenvalue weighted by Crippen LogP contribution is 2.14. The molecule has 0 saturated carbocycles. The van der Waals surface area contributed by atoms with Crippen molar-refractivity contribution in [3.05, 3.63) is 29.8 Å². The summed E-state index contributed by atoms with van der Waals surface area (Å²) < 4.78 is 5.19. The van der Waals surface area contributed by atoms with Gasteiger partial charge < -0.3 is 15.8 Å². The van der Waals surface area contributed by atoms with Crippen LogP contribution in [0.15, 0.2) is 24.3 Å². The van der Waals surface area contributed by atoms with E-state index in [-0.39, 0.29) is 11.8 Å². The van der Waals surface area contributed by atoms with Gasteiger partial charge in [-0.25, -0.2) is 4.79 Å². The minimum absolute atomic E-state index is 0.0153. The molecule has 0 aliphatic heterocycles. The van der Waals surface area contributed by atoms with E-state index >= 15 is 0 Å². The molecule has 5 heteroatoms. The van der Waals surface area contributed by atoms with Gasteiger partial charge in [0, 0.05) is 5.56 Å². The van der Waals surface area contributed by atoms with Gasteiger partial charge in [-0.1, -0.05) is 0 Å². The highest BCUT2D eigenvalue weighted by Gasteiger charge is 2.27. The number of carbonyl (C=O) groups excluding carboxylic acids is 1. The lowest BCUT2D eigenvalue weighted by atomic mass is 10.1. The highest BCUT2D eigenvalue weighted by atomic mass is 16.5. The first-order chi connectivity index (χ1) is 7.86. The number of hydrogen-bond acceptors (Lipinski definition) is 4. The molecule has 0 heterocycles. The second kappa shape index (κ2) is 4.97. The molecule has 0 radical (unpaired) electrons. The lowest BCUT2D eigenvalue weighted by molar-refractivity contribution is -0.140. The number of hydrogen-bond donors (Lipinski definition) is 3. The molecule has 1 rings (SSSR count). The molecule has 1 aromatic rings. The summed E-state index contributed by atoms with van der Waals surface area (Å²) in [4.78, 5) is 11.7. The first-order valence-electron chi connectivity index (χ1n) is 5.22. The average molecular weight is 235 g/mol. The number of carbonyl (C=O) groups is 1. The fraction of sp³-hybridized carbons (Fsp3) is 0.333. The third-order valence-corrected chi connectivity index (χ3v) is 2.51. The summed E-state index contributed by atoms with van der Waals surface area (Å²) in [5.74, 6) is 0.0531. The average Bonchev–Trinajstić information content (AvgIpc) is 2.29. The Balaban J connectivity index is 2.76. The van der Waals surface area contributed by atoms with Crippen LogP contribution in [0.25, 0.3) is 0 Å². The van der Waals surface area contributed by atoms with Crippen molar-refractivity contribution >= 4 is 11.8 Å². The smallest absolute Gasteiger partial charge is 0.331 e. The van der Waals surface area contributed by atoms with Gasteiger partial charge in [0.2, 0.25) is 0 Å². The van der Waals surface area contributed by atoms with E-state index in [4.69, 9.17) is 15.9 Å². The zero-order valence-electron chi connectivity index (χ0n) is 10.2. The van der Waals surface area contributed by atoms with Crippen LogP contribution in [0.4, 0.5) is 0 Å². The first kappa shape index (κ1) is 13.2. The van der Waals surface area contributed by atoms with Gasteiger partial charge in [-0.3, -0.25) is 5.41 Å². The number of nitrogens with one attached hydrogen (secondary N) is 2. The maximum Gasteiger partial charge on any atom is 0.331 e. The van der Waals surface area contributed by atoms with Crippen molar-refractivity contribution in [2.75, 3.05) is 7.05 Å². The van der Waals surface area contributed by atoms with E-state index in [9.17, 15) is 4.79 Å². The Hall–Kier alpha value is -1.88. The predicted molar refractivity (Wildman–Crippen MR) is 66.2 cm³/mol. The molecule has 0 atom stereocenters. The SMILES string of the molecule is CNC(C)(C)C(=O)Oc1ccc(C(=N)N)cc1. The van der Waals surface area contributed by atoms with Gasteiger partial charge in [0.1, 0.15) is 17.1 Å². The standard InChI is InChI=1S/C12H17N3O2/c1-12(2,15-3)11(16)17-9-6-4-8(5-7-9)10(13)14/h4-7,15H,1-3H3,(H3,13,14). The number of amidine groups is 1. The van der Waals surface area contributed by atoms with Crippen LogP contribution in [-0.2, 0) is 4.79 Å². The van der Waals surface area contributed by atoms with E-state index in [0.29, 0.717) is 11.3 Å². The molecule has 1 aromatic carbocycles. The Kier molecular flexibility index (Phi) is 3.85. The number of benzene rings is 1. The van der Waals surface area contributed by atoms with Crippen LogP contribution in [-0.4, -0.2) is 24.4 Å². The Morgan fingerprint density at radius 1 is 1.35 bits per heavy atom. The van der Waals surface area contributed by atoms with Crippen molar-refractivity contribution in [2.24, 2.45) is 5.73 Å². The second-order valence-electron chi connectivity index (χ2n) is 4.20. The zero-order valence-corrected chi connectivity index (χ0v) is 10.2. The summed E-state index contributed by atoms with van der Waals surface area (Å²) in [6.07, 6.45) is 0. The Morgan fingerprint density at radius 3 is 2.29 bits per heavy atom. The van der Waals surface area contributed by atoms with Crippen molar-refractivity contribution in [2.45, 2.75) is 19.4 Å². The maximum atomic E-state index is 11.7. The number of likely N-dealkylation sites (N-methyl/N-ethyl adjacent to an activating group) is 1. The molecular weight excluding hydrogens is 218 g/mol. The van der Waals surface area contributed by atoms with Gasteiger partial charge in [-0.2, -0.15) is 0 Å². The monoisotopic (exact) mass is 235 g/mol. The van der Waals surface area contributed by atoms with Gasteiger partial charge in [-0.15, -0.1) is 0 Å². The van der Waals surface area contributed by atoms with Crippen molar-refractivity contribution < 1.29 is 9.53 Å². The van der Waals surface area contributed by atoms with Gasteiger partial charge in [0.05, 0.1) is 0 Å². The summed E-state index contributed by atoms with van der Waals surface area (Å²) >= 11 is 0. The number of esters is 1. The quantitative estimate of drug-likeness (QED) is 0.313. The summed E-state index contributed by atoms with van der Waals surface area (Å²) in [5.41, 5.74) is 5.18. The molecule has 92 valence electrons. The number of ether oxygens (including phenoxy) is 1. The molecule has 17 heavy (non-hydrogen) atoms. The normalized spacial score (nSPS) is 11.0. The first-order valence-corrected chi connectivity index (χ1v) is 5.22. The largest absolute Gasteiger partial charge is 0.425 e. The molecule has 0 saturated heterocycles. The maximum absolute atomic E-state index is 11.7. The van der Waals surface area contributed by atoms with Gasteiger partial charge in [0.15, 0.2) is 0 Å². The molecule has 0 fully saturated rings. The van der Waals surface area contributed by atoms with E-state index in [1.165, 1.54) is 0 Å². The van der Waals surface area contributed by atoms with Crippen molar-refractivity contribution in [1.29, 1.82) is 5.41 Å². The number of nitrogen functional groups attached to an aromatic ring is 1. The van der Waals surface area contributed by atoms with Crippen LogP contribution in [0.3, 0.4) is 0 Å². The lowest BCUT2D eigenvalue weighted by Crippen LogP contribution is -2.47. The van der Waals surface area contributed by atoms with Crippen LogP contribution < -0.4 is 15.8 Å². The molecule has 0 spiro atoms. The predicted octanol–water partition coefficient (Wildman–Crippen LogP) is 0.874. The Labute approximate surface area is 100 Å². The van der Waals surface area contributed by atoms with Crippen LogP contribution in [0.5, 0.6) is 5.75 Å². The van der Waals surface area contributed by atoms with Crippen molar-refractivity contribution in [3.8, 4) is 5.75 Å². The van der Waals surface area contributed by atoms with E-state index < -0.39 is 5.54 Å². The van der Waals surface area contributed by atoms with Gasteiger partial charge in [0.25, 0.3) is 0 Å². The van der Waals surface area contributed by atoms with E-state index in [1.807, 2.05) is 0 Å². The van der Waals surface area contributed by atoms with Crippen LogP contribution in [0.1, 0.15) is 19.4 Å². The molecule has 0 unspecified atom stereocenters. The minimum atomic E-state index is -0.737. The molecule has 0 amide bonds. The summed E-state index contributed by atoms with van der Waals surface area (Å²) in [5, 5.41) is 10.1. The van der Waals surface area contributed by atoms with Crippen molar-refractivity contribution in [3.63, 3.8) is 0 Å². The Bertz CT molecular complexity index is 424. The van der Waals surface area contributed by atoms with E-state index in [0.717, 1.165) is 0 Å². The summed E-state index contributed by atoms with van der Waals surface area (Å²) in [6, 6.07) is 6.50. The molecule has 5 nitrogen and oxygen atoms in total. The fourth-order valence-electron chi connectivity index (χ4n) is 1.04. The minimum Gasteiger partial charge on any atom is -0.425 e. The number of nitrogens with two attached hydrogens (primary N) is 1.